The number of carbonyl (C=O) groups excluding carboxylic acids is 1. The van der Waals surface area contributed by atoms with E-state index in [1.165, 1.54) is 0 Å². The van der Waals surface area contributed by atoms with Crippen LogP contribution >= 0.6 is 11.8 Å². The number of ether oxygens (including phenoxy) is 1. The minimum absolute atomic E-state index is 0.0629. The molecular formula is C22H19N3O2S. The predicted octanol–water partition coefficient (Wildman–Crippen LogP) is 4.45. The number of rotatable bonds is 5. The van der Waals surface area contributed by atoms with Gasteiger partial charge in [0, 0.05) is 9.79 Å². The van der Waals surface area contributed by atoms with Crippen LogP contribution in [0.25, 0.3) is 0 Å². The van der Waals surface area contributed by atoms with Gasteiger partial charge in [0.25, 0.3) is 5.91 Å². The highest BCUT2D eigenvalue weighted by molar-refractivity contribution is 7.99. The second-order valence-corrected chi connectivity index (χ2v) is 7.22. The quantitative estimate of drug-likeness (QED) is 0.517. The first-order chi connectivity index (χ1) is 13.8. The molecule has 140 valence electrons. The van der Waals surface area contributed by atoms with Crippen LogP contribution in [-0.2, 0) is 4.79 Å². The van der Waals surface area contributed by atoms with Gasteiger partial charge in [-0.25, -0.2) is 0 Å². The molecule has 0 fully saturated rings. The van der Waals surface area contributed by atoms with Gasteiger partial charge in [0.2, 0.25) is 0 Å². The molecule has 1 heterocycles. The second kappa shape index (κ2) is 8.19. The number of benzene rings is 3. The van der Waals surface area contributed by atoms with Crippen molar-refractivity contribution in [2.45, 2.75) is 9.79 Å². The Bertz CT molecular complexity index is 973. The summed E-state index contributed by atoms with van der Waals surface area (Å²) in [4.78, 5) is 16.9. The number of nitrogens with zero attached hydrogens (tertiary/aromatic N) is 2. The fraction of sp³-hybridized carbons (Fsp3) is 0.0909. The standard InChI is InChI=1S/C22H19N3O2S/c1-27-17-12-10-16(11-13-17)14-23-24-15-22(26)25-18-6-2-4-8-20(18)28-21-9-5-3-7-19(21)25/h2-14,24H,15H2,1H3/b23-14-. The highest BCUT2D eigenvalue weighted by Crippen LogP contribution is 2.47. The summed E-state index contributed by atoms with van der Waals surface area (Å²) >= 11 is 1.68. The number of para-hydroxylation sites is 2. The zero-order valence-electron chi connectivity index (χ0n) is 15.3. The zero-order chi connectivity index (χ0) is 19.3. The number of hydrazone groups is 1. The molecule has 1 N–H and O–H groups in total. The van der Waals surface area contributed by atoms with E-state index < -0.39 is 0 Å². The Morgan fingerprint density at radius 2 is 1.61 bits per heavy atom. The van der Waals surface area contributed by atoms with Crippen LogP contribution in [0.3, 0.4) is 0 Å². The molecule has 0 aliphatic carbocycles. The summed E-state index contributed by atoms with van der Waals surface area (Å²) in [6.07, 6.45) is 1.68. The first-order valence-corrected chi connectivity index (χ1v) is 9.67. The molecule has 1 aliphatic heterocycles. The fourth-order valence-electron chi connectivity index (χ4n) is 2.98. The summed E-state index contributed by atoms with van der Waals surface area (Å²) in [7, 11) is 1.63. The molecule has 0 radical (unpaired) electrons. The van der Waals surface area contributed by atoms with Crippen molar-refractivity contribution in [2.75, 3.05) is 18.6 Å². The van der Waals surface area contributed by atoms with Gasteiger partial charge in [-0.05, 0) is 54.1 Å². The maximum absolute atomic E-state index is 13.0. The van der Waals surface area contributed by atoms with Crippen molar-refractivity contribution < 1.29 is 9.53 Å². The molecule has 0 saturated carbocycles. The Balaban J connectivity index is 1.48. The molecule has 28 heavy (non-hydrogen) atoms. The van der Waals surface area contributed by atoms with Crippen LogP contribution in [0.15, 0.2) is 87.7 Å². The summed E-state index contributed by atoms with van der Waals surface area (Å²) in [6, 6.07) is 23.4. The van der Waals surface area contributed by atoms with E-state index in [4.69, 9.17) is 4.74 Å². The number of hydrogen-bond donors (Lipinski definition) is 1. The first-order valence-electron chi connectivity index (χ1n) is 8.85. The van der Waals surface area contributed by atoms with E-state index in [9.17, 15) is 4.79 Å². The number of fused-ring (bicyclic) bond motifs is 2. The van der Waals surface area contributed by atoms with Gasteiger partial charge in [-0.3, -0.25) is 9.69 Å². The van der Waals surface area contributed by atoms with E-state index in [2.05, 4.69) is 10.5 Å². The number of anilines is 2. The smallest absolute Gasteiger partial charge is 0.252 e. The topological polar surface area (TPSA) is 53.9 Å². The third-order valence-corrected chi connectivity index (χ3v) is 5.46. The van der Waals surface area contributed by atoms with E-state index in [-0.39, 0.29) is 12.5 Å². The minimum atomic E-state index is -0.0629. The van der Waals surface area contributed by atoms with E-state index >= 15 is 0 Å². The first kappa shape index (κ1) is 18.1. The van der Waals surface area contributed by atoms with Crippen molar-refractivity contribution >= 4 is 35.3 Å². The van der Waals surface area contributed by atoms with Gasteiger partial charge in [0.15, 0.2) is 0 Å². The summed E-state index contributed by atoms with van der Waals surface area (Å²) in [5, 5.41) is 4.18. The summed E-state index contributed by atoms with van der Waals surface area (Å²) in [5.41, 5.74) is 5.58. The highest BCUT2D eigenvalue weighted by atomic mass is 32.2. The van der Waals surface area contributed by atoms with Crippen molar-refractivity contribution in [1.82, 2.24) is 5.43 Å². The molecule has 0 atom stereocenters. The van der Waals surface area contributed by atoms with Crippen LogP contribution in [0.5, 0.6) is 5.75 Å². The van der Waals surface area contributed by atoms with Crippen molar-refractivity contribution in [2.24, 2.45) is 5.10 Å². The average molecular weight is 389 g/mol. The Kier molecular flexibility index (Phi) is 5.30. The van der Waals surface area contributed by atoms with Crippen molar-refractivity contribution in [3.05, 3.63) is 78.4 Å². The van der Waals surface area contributed by atoms with Gasteiger partial charge in [-0.15, -0.1) is 0 Å². The maximum atomic E-state index is 13.0. The Morgan fingerprint density at radius 1 is 1.00 bits per heavy atom. The second-order valence-electron chi connectivity index (χ2n) is 6.13. The summed E-state index contributed by atoms with van der Waals surface area (Å²) < 4.78 is 5.14. The van der Waals surface area contributed by atoms with Gasteiger partial charge in [-0.2, -0.15) is 5.10 Å². The van der Waals surface area contributed by atoms with E-state index in [0.29, 0.717) is 0 Å². The SMILES string of the molecule is COc1ccc(/C=N\NCC(=O)N2c3ccccc3Sc3ccccc32)cc1. The lowest BCUT2D eigenvalue weighted by Gasteiger charge is -2.30. The molecular weight excluding hydrogens is 370 g/mol. The van der Waals surface area contributed by atoms with Crippen LogP contribution < -0.4 is 15.1 Å². The predicted molar refractivity (Wildman–Crippen MR) is 113 cm³/mol. The third-order valence-electron chi connectivity index (χ3n) is 4.33. The molecule has 6 heteroatoms. The van der Waals surface area contributed by atoms with Gasteiger partial charge in [0.1, 0.15) is 12.3 Å². The molecule has 3 aromatic carbocycles. The zero-order valence-corrected chi connectivity index (χ0v) is 16.1. The Morgan fingerprint density at radius 3 is 2.21 bits per heavy atom. The van der Waals surface area contributed by atoms with Crippen LogP contribution in [-0.4, -0.2) is 25.8 Å². The van der Waals surface area contributed by atoms with Gasteiger partial charge in [0.05, 0.1) is 24.7 Å². The maximum Gasteiger partial charge on any atom is 0.252 e. The molecule has 0 bridgehead atoms. The molecule has 0 spiro atoms. The molecule has 1 aliphatic rings. The number of nitrogens with one attached hydrogen (secondary N) is 1. The van der Waals surface area contributed by atoms with E-state index in [0.717, 1.165) is 32.5 Å². The van der Waals surface area contributed by atoms with Gasteiger partial charge in [-0.1, -0.05) is 36.0 Å². The Hall–Kier alpha value is -3.25. The van der Waals surface area contributed by atoms with Gasteiger partial charge >= 0.3 is 0 Å². The van der Waals surface area contributed by atoms with Crippen LogP contribution in [0, 0.1) is 0 Å². The lowest BCUT2D eigenvalue weighted by atomic mass is 10.2. The minimum Gasteiger partial charge on any atom is -0.497 e. The van der Waals surface area contributed by atoms with Crippen molar-refractivity contribution in [1.29, 1.82) is 0 Å². The van der Waals surface area contributed by atoms with E-state index in [1.54, 1.807) is 30.0 Å². The van der Waals surface area contributed by atoms with Crippen LogP contribution in [0.1, 0.15) is 5.56 Å². The lowest BCUT2D eigenvalue weighted by Crippen LogP contribution is -2.35. The lowest BCUT2D eigenvalue weighted by molar-refractivity contribution is -0.117. The molecule has 3 aromatic rings. The fourth-order valence-corrected chi connectivity index (χ4v) is 4.03. The van der Waals surface area contributed by atoms with Gasteiger partial charge < -0.3 is 10.2 Å². The molecule has 0 saturated heterocycles. The number of carbonyl (C=O) groups is 1. The van der Waals surface area contributed by atoms with Crippen molar-refractivity contribution in [3.8, 4) is 5.75 Å². The summed E-state index contributed by atoms with van der Waals surface area (Å²) in [5.74, 6) is 0.729. The molecule has 0 aromatic heterocycles. The van der Waals surface area contributed by atoms with Crippen molar-refractivity contribution in [3.63, 3.8) is 0 Å². The van der Waals surface area contributed by atoms with Crippen LogP contribution in [0.2, 0.25) is 0 Å². The van der Waals surface area contributed by atoms with Crippen LogP contribution in [0.4, 0.5) is 11.4 Å². The Labute approximate surface area is 168 Å². The largest absolute Gasteiger partial charge is 0.497 e. The number of hydrogen-bond acceptors (Lipinski definition) is 5. The average Bonchev–Trinajstić information content (AvgIpc) is 2.75. The molecule has 4 rings (SSSR count). The monoisotopic (exact) mass is 389 g/mol. The molecule has 1 amide bonds. The number of amides is 1. The normalized spacial score (nSPS) is 12.4. The summed E-state index contributed by atoms with van der Waals surface area (Å²) in [6.45, 7) is 0.0972. The van der Waals surface area contributed by atoms with E-state index in [1.807, 2.05) is 72.8 Å². The highest BCUT2D eigenvalue weighted by Gasteiger charge is 2.27. The molecule has 0 unspecified atom stereocenters. The number of methoxy groups -OCH3 is 1. The third kappa shape index (κ3) is 3.73. The molecule has 5 nitrogen and oxygen atoms in total.